The molecule has 2 aromatic heterocycles. The van der Waals surface area contributed by atoms with Crippen molar-refractivity contribution >= 4 is 33.3 Å². The normalized spacial score (nSPS) is 15.9. The minimum Gasteiger partial charge on any atom is -0.352 e. The van der Waals surface area contributed by atoms with E-state index in [0.29, 0.717) is 18.9 Å². The minimum absolute atomic E-state index is 0.268. The van der Waals surface area contributed by atoms with Gasteiger partial charge in [0.25, 0.3) is 0 Å². The molecule has 1 amide bonds. The number of thiophene rings is 1. The van der Waals surface area contributed by atoms with Gasteiger partial charge in [-0.1, -0.05) is 6.92 Å². The van der Waals surface area contributed by atoms with Gasteiger partial charge in [0.15, 0.2) is 0 Å². The molecule has 9 heteroatoms. The molecule has 0 unspecified atom stereocenters. The second-order valence-electron chi connectivity index (χ2n) is 6.04. The van der Waals surface area contributed by atoms with Crippen LogP contribution < -0.4 is 4.90 Å². The molecule has 2 aromatic rings. The lowest BCUT2D eigenvalue weighted by atomic mass is 10.2. The Morgan fingerprint density at radius 3 is 2.52 bits per heavy atom. The molecule has 1 aliphatic rings. The van der Waals surface area contributed by atoms with Gasteiger partial charge in [0.1, 0.15) is 22.9 Å². The second-order valence-corrected chi connectivity index (χ2v) is 7.15. The molecule has 0 spiro atoms. The summed E-state index contributed by atoms with van der Waals surface area (Å²) in [5, 5.41) is 0.975. The monoisotopic (exact) mass is 372 g/mol. The first kappa shape index (κ1) is 17.9. The van der Waals surface area contributed by atoms with Crippen LogP contribution in [0.3, 0.4) is 0 Å². The third-order valence-corrected chi connectivity index (χ3v) is 5.34. The highest BCUT2D eigenvalue weighted by atomic mass is 32.1. The highest BCUT2D eigenvalue weighted by Crippen LogP contribution is 2.32. The van der Waals surface area contributed by atoms with Crippen LogP contribution in [0.1, 0.15) is 24.0 Å². The summed E-state index contributed by atoms with van der Waals surface area (Å²) in [6, 6.07) is 2.08. The molecule has 0 atom stereocenters. The Morgan fingerprint density at radius 2 is 1.92 bits per heavy atom. The Balaban J connectivity index is 1.76. The van der Waals surface area contributed by atoms with Gasteiger partial charge in [-0.3, -0.25) is 4.79 Å². The van der Waals surface area contributed by atoms with Crippen LogP contribution in [0.25, 0.3) is 10.2 Å². The van der Waals surface area contributed by atoms with E-state index >= 15 is 0 Å². The van der Waals surface area contributed by atoms with E-state index in [1.54, 1.807) is 11.3 Å². The fourth-order valence-corrected chi connectivity index (χ4v) is 3.93. The molecule has 1 fully saturated rings. The van der Waals surface area contributed by atoms with Crippen molar-refractivity contribution in [2.45, 2.75) is 32.9 Å². The van der Waals surface area contributed by atoms with E-state index in [-0.39, 0.29) is 13.1 Å². The summed E-state index contributed by atoms with van der Waals surface area (Å²) in [6.07, 6.45) is -4.94. The average Bonchev–Trinajstić information content (AvgIpc) is 2.95. The number of alkyl halides is 3. The van der Waals surface area contributed by atoms with Crippen molar-refractivity contribution in [1.29, 1.82) is 0 Å². The van der Waals surface area contributed by atoms with Crippen LogP contribution in [0, 0.1) is 6.92 Å². The van der Waals surface area contributed by atoms with Crippen LogP contribution in [0.2, 0.25) is 0 Å². The van der Waals surface area contributed by atoms with E-state index < -0.39 is 18.5 Å². The molecule has 1 aliphatic heterocycles. The summed E-state index contributed by atoms with van der Waals surface area (Å²) >= 11 is 1.63. The summed E-state index contributed by atoms with van der Waals surface area (Å²) in [6.45, 7) is 5.38. The van der Waals surface area contributed by atoms with Gasteiger partial charge in [-0.05, 0) is 19.4 Å². The fraction of sp³-hybridized carbons (Fsp3) is 0.562. The zero-order valence-corrected chi connectivity index (χ0v) is 14.9. The third kappa shape index (κ3) is 4.02. The van der Waals surface area contributed by atoms with Gasteiger partial charge < -0.3 is 9.80 Å². The van der Waals surface area contributed by atoms with Gasteiger partial charge in [-0.15, -0.1) is 11.3 Å². The standard InChI is InChI=1S/C16H19F3N4OS/c1-3-11-8-12-14(20-10(2)21-15(12)25-11)23-6-4-22(5-7-23)13(24)9-16(17,18)19/h8H,3-7,9H2,1-2H3. The molecule has 0 bridgehead atoms. The Labute approximate surface area is 147 Å². The lowest BCUT2D eigenvalue weighted by Crippen LogP contribution is -2.49. The van der Waals surface area contributed by atoms with Crippen molar-refractivity contribution in [3.63, 3.8) is 0 Å². The van der Waals surface area contributed by atoms with Crippen molar-refractivity contribution in [2.75, 3.05) is 31.1 Å². The van der Waals surface area contributed by atoms with Crippen molar-refractivity contribution in [3.8, 4) is 0 Å². The summed E-state index contributed by atoms with van der Waals surface area (Å²) < 4.78 is 37.2. The van der Waals surface area contributed by atoms with E-state index in [1.165, 1.54) is 9.78 Å². The smallest absolute Gasteiger partial charge is 0.352 e. The van der Waals surface area contributed by atoms with Gasteiger partial charge in [0, 0.05) is 31.1 Å². The number of halogens is 3. The van der Waals surface area contributed by atoms with Crippen LogP contribution in [0.15, 0.2) is 6.07 Å². The lowest BCUT2D eigenvalue weighted by Gasteiger charge is -2.35. The number of nitrogens with zero attached hydrogens (tertiary/aromatic N) is 4. The van der Waals surface area contributed by atoms with Crippen molar-refractivity contribution < 1.29 is 18.0 Å². The summed E-state index contributed by atoms with van der Waals surface area (Å²) in [5.41, 5.74) is 0. The number of hydrogen-bond acceptors (Lipinski definition) is 5. The summed E-state index contributed by atoms with van der Waals surface area (Å²) in [7, 11) is 0. The van der Waals surface area contributed by atoms with Gasteiger partial charge in [-0.25, -0.2) is 9.97 Å². The van der Waals surface area contributed by atoms with Crippen LogP contribution >= 0.6 is 11.3 Å². The molecule has 3 rings (SSSR count). The minimum atomic E-state index is -4.46. The van der Waals surface area contributed by atoms with Crippen LogP contribution in [0.4, 0.5) is 19.0 Å². The van der Waals surface area contributed by atoms with E-state index in [1.807, 2.05) is 11.8 Å². The number of fused-ring (bicyclic) bond motifs is 1. The second kappa shape index (κ2) is 6.78. The maximum absolute atomic E-state index is 12.4. The number of piperazine rings is 1. The predicted octanol–water partition coefficient (Wildman–Crippen LogP) is 3.16. The number of anilines is 1. The fourth-order valence-electron chi connectivity index (χ4n) is 2.93. The number of hydrogen-bond donors (Lipinski definition) is 0. The Kier molecular flexibility index (Phi) is 4.86. The molecule has 0 radical (unpaired) electrons. The first-order chi connectivity index (χ1) is 11.8. The molecular formula is C16H19F3N4OS. The zero-order valence-electron chi connectivity index (χ0n) is 14.1. The van der Waals surface area contributed by atoms with Crippen LogP contribution in [0.5, 0.6) is 0 Å². The molecule has 5 nitrogen and oxygen atoms in total. The summed E-state index contributed by atoms with van der Waals surface area (Å²) in [4.78, 5) is 26.2. The topological polar surface area (TPSA) is 49.3 Å². The SMILES string of the molecule is CCc1cc2c(N3CCN(C(=O)CC(F)(F)F)CC3)nc(C)nc2s1. The van der Waals surface area contributed by atoms with Gasteiger partial charge >= 0.3 is 6.18 Å². The average molecular weight is 372 g/mol. The maximum Gasteiger partial charge on any atom is 0.397 e. The number of amides is 1. The van der Waals surface area contributed by atoms with Gasteiger partial charge in [-0.2, -0.15) is 13.2 Å². The Bertz CT molecular complexity index is 782. The van der Waals surface area contributed by atoms with Crippen molar-refractivity contribution in [2.24, 2.45) is 0 Å². The van der Waals surface area contributed by atoms with Gasteiger partial charge in [0.05, 0.1) is 5.39 Å². The van der Waals surface area contributed by atoms with E-state index in [9.17, 15) is 18.0 Å². The van der Waals surface area contributed by atoms with E-state index in [0.717, 1.165) is 22.5 Å². The Hall–Kier alpha value is -1.90. The van der Waals surface area contributed by atoms with Gasteiger partial charge in [0.2, 0.25) is 5.91 Å². The van der Waals surface area contributed by atoms with Crippen molar-refractivity contribution in [3.05, 3.63) is 16.8 Å². The van der Waals surface area contributed by atoms with Crippen LogP contribution in [-0.4, -0.2) is 53.1 Å². The highest BCUT2D eigenvalue weighted by Gasteiger charge is 2.34. The van der Waals surface area contributed by atoms with Crippen molar-refractivity contribution in [1.82, 2.24) is 14.9 Å². The predicted molar refractivity (Wildman–Crippen MR) is 91.0 cm³/mol. The number of carbonyl (C=O) groups excluding carboxylic acids is 1. The number of rotatable bonds is 3. The van der Waals surface area contributed by atoms with E-state index in [2.05, 4.69) is 23.0 Å². The Morgan fingerprint density at radius 1 is 1.24 bits per heavy atom. The number of aromatic nitrogens is 2. The van der Waals surface area contributed by atoms with E-state index in [4.69, 9.17) is 0 Å². The zero-order chi connectivity index (χ0) is 18.2. The summed E-state index contributed by atoms with van der Waals surface area (Å²) in [5.74, 6) is 0.615. The first-order valence-electron chi connectivity index (χ1n) is 8.13. The largest absolute Gasteiger partial charge is 0.397 e. The molecule has 136 valence electrons. The maximum atomic E-state index is 12.4. The number of carbonyl (C=O) groups is 1. The molecule has 1 saturated heterocycles. The lowest BCUT2D eigenvalue weighted by molar-refractivity contribution is -0.161. The molecule has 0 N–H and O–H groups in total. The molecular weight excluding hydrogens is 353 g/mol. The quantitative estimate of drug-likeness (QED) is 0.831. The molecule has 3 heterocycles. The third-order valence-electron chi connectivity index (χ3n) is 4.17. The van der Waals surface area contributed by atoms with Crippen LogP contribution in [-0.2, 0) is 11.2 Å². The molecule has 0 aromatic carbocycles. The highest BCUT2D eigenvalue weighted by molar-refractivity contribution is 7.18. The molecule has 0 saturated carbocycles. The molecule has 0 aliphatic carbocycles. The first-order valence-corrected chi connectivity index (χ1v) is 8.95. The number of aryl methyl sites for hydroxylation is 2. The molecule has 25 heavy (non-hydrogen) atoms.